The van der Waals surface area contributed by atoms with Crippen LogP contribution >= 0.6 is 0 Å². The van der Waals surface area contributed by atoms with Crippen LogP contribution in [0.25, 0.3) is 0 Å². The summed E-state index contributed by atoms with van der Waals surface area (Å²) < 4.78 is 5.31. The molecule has 4 rings (SSSR count). The highest BCUT2D eigenvalue weighted by molar-refractivity contribution is 5.82. The number of aliphatic hydroxyl groups is 2. The molecule has 3 aromatic carbocycles. The molecule has 4 atom stereocenters. The third-order valence-electron chi connectivity index (χ3n) is 7.08. The van der Waals surface area contributed by atoms with Gasteiger partial charge in [-0.15, -0.1) is 0 Å². The number of carbonyl (C=O) groups excluding carboxylic acids is 2. The van der Waals surface area contributed by atoms with Crippen LogP contribution in [0, 0.1) is 5.92 Å². The SMILES string of the molecule is CC(C)OC(=O)NN(C(=O)C(Cc1ccccc1)CC(O)CCc1ccccc1)[C@H]1c2ccccc2C[C@@H]1O. The molecule has 0 saturated carbocycles. The van der Waals surface area contributed by atoms with Gasteiger partial charge < -0.3 is 14.9 Å². The Balaban J connectivity index is 1.61. The van der Waals surface area contributed by atoms with Crippen LogP contribution in [0.5, 0.6) is 0 Å². The van der Waals surface area contributed by atoms with Crippen molar-refractivity contribution in [3.05, 3.63) is 107 Å². The van der Waals surface area contributed by atoms with Crippen molar-refractivity contribution in [1.82, 2.24) is 10.4 Å². The minimum Gasteiger partial charge on any atom is -0.446 e. The number of fused-ring (bicyclic) bond motifs is 1. The summed E-state index contributed by atoms with van der Waals surface area (Å²) in [6.07, 6.45) is -0.632. The van der Waals surface area contributed by atoms with Crippen molar-refractivity contribution in [3.8, 4) is 0 Å². The Labute approximate surface area is 230 Å². The quantitative estimate of drug-likeness (QED) is 0.328. The lowest BCUT2D eigenvalue weighted by Crippen LogP contribution is -2.53. The van der Waals surface area contributed by atoms with Crippen LogP contribution in [0.1, 0.15) is 55.0 Å². The van der Waals surface area contributed by atoms with Crippen LogP contribution in [0.15, 0.2) is 84.9 Å². The number of carbonyl (C=O) groups is 2. The van der Waals surface area contributed by atoms with Gasteiger partial charge in [-0.2, -0.15) is 0 Å². The number of aryl methyl sites for hydroxylation is 1. The summed E-state index contributed by atoms with van der Waals surface area (Å²) in [7, 11) is 0. The third-order valence-corrected chi connectivity index (χ3v) is 7.08. The van der Waals surface area contributed by atoms with Crippen LogP contribution in [-0.4, -0.2) is 45.5 Å². The van der Waals surface area contributed by atoms with Crippen molar-refractivity contribution >= 4 is 12.0 Å². The van der Waals surface area contributed by atoms with Gasteiger partial charge in [0.15, 0.2) is 0 Å². The maximum absolute atomic E-state index is 14.3. The van der Waals surface area contributed by atoms with Crippen molar-refractivity contribution in [2.24, 2.45) is 5.92 Å². The summed E-state index contributed by atoms with van der Waals surface area (Å²) >= 11 is 0. The molecule has 3 N–H and O–H groups in total. The predicted molar refractivity (Wildman–Crippen MR) is 150 cm³/mol. The van der Waals surface area contributed by atoms with E-state index in [1.165, 1.54) is 5.01 Å². The Kier molecular flexibility index (Phi) is 9.74. The number of nitrogens with zero attached hydrogens (tertiary/aromatic N) is 1. The van der Waals surface area contributed by atoms with Gasteiger partial charge in [0.25, 0.3) is 0 Å². The van der Waals surface area contributed by atoms with E-state index in [0.717, 1.165) is 22.3 Å². The van der Waals surface area contributed by atoms with Crippen LogP contribution in [0.4, 0.5) is 4.79 Å². The normalized spacial score (nSPS) is 17.8. The van der Waals surface area contributed by atoms with E-state index in [4.69, 9.17) is 4.74 Å². The second-order valence-electron chi connectivity index (χ2n) is 10.5. The molecule has 0 fully saturated rings. The molecule has 0 spiro atoms. The molecule has 7 nitrogen and oxygen atoms in total. The molecule has 2 amide bonds. The number of hydrogen-bond acceptors (Lipinski definition) is 5. The molecule has 0 aromatic heterocycles. The minimum atomic E-state index is -0.897. The minimum absolute atomic E-state index is 0.211. The van der Waals surface area contributed by atoms with E-state index >= 15 is 0 Å². The fourth-order valence-corrected chi connectivity index (χ4v) is 5.26. The van der Waals surface area contributed by atoms with E-state index in [1.807, 2.05) is 84.9 Å². The molecule has 1 aliphatic carbocycles. The zero-order valence-electron chi connectivity index (χ0n) is 22.6. The summed E-state index contributed by atoms with van der Waals surface area (Å²) in [5.74, 6) is -1.02. The molecule has 7 heteroatoms. The molecular formula is C32H38N2O5. The van der Waals surface area contributed by atoms with E-state index in [-0.39, 0.29) is 18.4 Å². The molecule has 206 valence electrons. The molecule has 0 heterocycles. The van der Waals surface area contributed by atoms with Crippen LogP contribution < -0.4 is 5.43 Å². The van der Waals surface area contributed by atoms with E-state index < -0.39 is 30.3 Å². The summed E-state index contributed by atoms with van der Waals surface area (Å²) in [5.41, 5.74) is 6.41. The highest BCUT2D eigenvalue weighted by atomic mass is 16.6. The zero-order chi connectivity index (χ0) is 27.8. The zero-order valence-corrected chi connectivity index (χ0v) is 22.6. The predicted octanol–water partition coefficient (Wildman–Crippen LogP) is 4.77. The largest absolute Gasteiger partial charge is 0.446 e. The first-order valence-electron chi connectivity index (χ1n) is 13.6. The van der Waals surface area contributed by atoms with Gasteiger partial charge in [-0.1, -0.05) is 84.9 Å². The number of ether oxygens (including phenoxy) is 1. The molecule has 0 aliphatic heterocycles. The average Bonchev–Trinajstić information content (AvgIpc) is 3.26. The lowest BCUT2D eigenvalue weighted by Gasteiger charge is -2.35. The number of hydrogen-bond donors (Lipinski definition) is 3. The van der Waals surface area contributed by atoms with Gasteiger partial charge in [0.1, 0.15) is 6.04 Å². The lowest BCUT2D eigenvalue weighted by molar-refractivity contribution is -0.145. The van der Waals surface area contributed by atoms with Gasteiger partial charge >= 0.3 is 6.09 Å². The Morgan fingerprint density at radius 1 is 0.949 bits per heavy atom. The molecule has 0 radical (unpaired) electrons. The standard InChI is InChI=1S/C32H38N2O5/c1-22(2)39-32(38)33-34(30-28-16-10-9-15-25(28)21-29(30)36)31(37)26(19-24-13-7-4-8-14-24)20-27(35)18-17-23-11-5-3-6-12-23/h3-16,22,26-27,29-30,35-36H,17-21H2,1-2H3,(H,33,38)/t26?,27?,29-,30-/m0/s1. The number of hydrazine groups is 1. The number of amides is 2. The first kappa shape index (κ1) is 28.3. The van der Waals surface area contributed by atoms with Gasteiger partial charge in [-0.3, -0.25) is 4.79 Å². The monoisotopic (exact) mass is 530 g/mol. The van der Waals surface area contributed by atoms with E-state index in [1.54, 1.807) is 13.8 Å². The van der Waals surface area contributed by atoms with Crippen molar-refractivity contribution < 1.29 is 24.5 Å². The molecule has 0 saturated heterocycles. The summed E-state index contributed by atoms with van der Waals surface area (Å²) in [6, 6.07) is 26.3. The van der Waals surface area contributed by atoms with Crippen molar-refractivity contribution in [2.75, 3.05) is 0 Å². The molecular weight excluding hydrogens is 492 g/mol. The van der Waals surface area contributed by atoms with E-state index in [2.05, 4.69) is 5.43 Å². The molecule has 2 unspecified atom stereocenters. The number of rotatable bonds is 10. The third kappa shape index (κ3) is 7.68. The summed E-state index contributed by atoms with van der Waals surface area (Å²) in [4.78, 5) is 27.0. The topological polar surface area (TPSA) is 99.1 Å². The average molecular weight is 531 g/mol. The Morgan fingerprint density at radius 2 is 1.56 bits per heavy atom. The molecule has 1 aliphatic rings. The van der Waals surface area contributed by atoms with Gasteiger partial charge in [-0.05, 0) is 61.8 Å². The number of aliphatic hydroxyl groups excluding tert-OH is 2. The van der Waals surface area contributed by atoms with Gasteiger partial charge in [0.2, 0.25) is 5.91 Å². The summed E-state index contributed by atoms with van der Waals surface area (Å²) in [6.45, 7) is 3.46. The fraction of sp³-hybridized carbons (Fsp3) is 0.375. The first-order valence-corrected chi connectivity index (χ1v) is 13.6. The van der Waals surface area contributed by atoms with Crippen LogP contribution in [0.3, 0.4) is 0 Å². The number of nitrogens with one attached hydrogen (secondary N) is 1. The van der Waals surface area contributed by atoms with E-state index in [9.17, 15) is 19.8 Å². The molecule has 0 bridgehead atoms. The van der Waals surface area contributed by atoms with Crippen molar-refractivity contribution in [2.45, 2.75) is 70.3 Å². The van der Waals surface area contributed by atoms with Gasteiger partial charge in [0, 0.05) is 12.3 Å². The Morgan fingerprint density at radius 3 is 2.23 bits per heavy atom. The van der Waals surface area contributed by atoms with Gasteiger partial charge in [0.05, 0.1) is 18.3 Å². The lowest BCUT2D eigenvalue weighted by atomic mass is 9.90. The summed E-state index contributed by atoms with van der Waals surface area (Å²) in [5, 5.41) is 23.3. The van der Waals surface area contributed by atoms with Crippen LogP contribution in [0.2, 0.25) is 0 Å². The Hall–Kier alpha value is -3.68. The van der Waals surface area contributed by atoms with Gasteiger partial charge in [-0.25, -0.2) is 15.2 Å². The van der Waals surface area contributed by atoms with E-state index in [0.29, 0.717) is 25.7 Å². The number of benzene rings is 3. The van der Waals surface area contributed by atoms with Crippen LogP contribution in [-0.2, 0) is 28.8 Å². The first-order chi connectivity index (χ1) is 18.8. The maximum atomic E-state index is 14.3. The Bertz CT molecular complexity index is 1220. The van der Waals surface area contributed by atoms with Crippen molar-refractivity contribution in [1.29, 1.82) is 0 Å². The van der Waals surface area contributed by atoms with Crippen molar-refractivity contribution in [3.63, 3.8) is 0 Å². The fourth-order valence-electron chi connectivity index (χ4n) is 5.26. The molecule has 3 aromatic rings. The maximum Gasteiger partial charge on any atom is 0.426 e. The highest BCUT2D eigenvalue weighted by Gasteiger charge is 2.41. The second kappa shape index (κ2) is 13.4. The molecule has 39 heavy (non-hydrogen) atoms. The smallest absolute Gasteiger partial charge is 0.426 e. The second-order valence-corrected chi connectivity index (χ2v) is 10.5. The highest BCUT2D eigenvalue weighted by Crippen LogP contribution is 2.36.